The van der Waals surface area contributed by atoms with Crippen molar-refractivity contribution in [2.45, 2.75) is 36.8 Å². The van der Waals surface area contributed by atoms with E-state index in [9.17, 15) is 40.5 Å². The van der Waals surface area contributed by atoms with Gasteiger partial charge in [-0.1, -0.05) is 6.07 Å². The van der Waals surface area contributed by atoms with Gasteiger partial charge in [0.25, 0.3) is 0 Å². The fourth-order valence-electron chi connectivity index (χ4n) is 3.54. The van der Waals surface area contributed by atoms with E-state index < -0.39 is 59.8 Å². The Morgan fingerprint density at radius 3 is 2.35 bits per heavy atom. The van der Waals surface area contributed by atoms with Crippen molar-refractivity contribution in [3.63, 3.8) is 0 Å². The number of hydrogen-bond donors (Lipinski definition) is 7. The second-order valence-corrected chi connectivity index (χ2v) is 7.30. The van der Waals surface area contributed by atoms with Gasteiger partial charge in [0.1, 0.15) is 41.1 Å². The van der Waals surface area contributed by atoms with Crippen LogP contribution in [0.2, 0.25) is 0 Å². The van der Waals surface area contributed by atoms with Crippen LogP contribution in [0.25, 0.3) is 0 Å². The predicted molar refractivity (Wildman–Crippen MR) is 99.9 cm³/mol. The number of ketones is 1. The van der Waals surface area contributed by atoms with Crippen molar-refractivity contribution < 1.29 is 54.8 Å². The number of Topliss-reactive ketones (excluding diaryl/α,β-unsaturated/α-hetero) is 1. The van der Waals surface area contributed by atoms with Gasteiger partial charge in [-0.05, 0) is 17.7 Å². The topological polar surface area (TPSA) is 186 Å². The van der Waals surface area contributed by atoms with Crippen LogP contribution < -0.4 is 4.74 Å². The average Bonchev–Trinajstić information content (AvgIpc) is 2.71. The molecule has 4 rings (SSSR count). The number of benzene rings is 2. The molecular weight excluding hydrogens is 416 g/mol. The first kappa shape index (κ1) is 21.2. The Morgan fingerprint density at radius 2 is 1.65 bits per heavy atom. The molecule has 11 heteroatoms. The van der Waals surface area contributed by atoms with Gasteiger partial charge in [-0.25, -0.2) is 0 Å². The van der Waals surface area contributed by atoms with Crippen LogP contribution in [0.4, 0.5) is 0 Å². The molecule has 2 aliphatic heterocycles. The van der Waals surface area contributed by atoms with Crippen LogP contribution in [0.5, 0.6) is 28.7 Å². The van der Waals surface area contributed by atoms with E-state index >= 15 is 0 Å². The lowest BCUT2D eigenvalue weighted by Crippen LogP contribution is -2.56. The molecule has 0 radical (unpaired) electrons. The first-order valence-corrected chi connectivity index (χ1v) is 9.27. The number of hydrogen-bond acceptors (Lipinski definition) is 11. The van der Waals surface area contributed by atoms with Gasteiger partial charge < -0.3 is 50.0 Å². The molecular formula is C20H20O11. The quantitative estimate of drug-likeness (QED) is 0.312. The molecule has 2 heterocycles. The van der Waals surface area contributed by atoms with Gasteiger partial charge in [0.05, 0.1) is 6.61 Å². The van der Waals surface area contributed by atoms with Gasteiger partial charge in [0.2, 0.25) is 5.78 Å². The van der Waals surface area contributed by atoms with Crippen molar-refractivity contribution in [2.24, 2.45) is 0 Å². The number of fused-ring (bicyclic) bond motifs is 1. The number of phenolic OH excluding ortho intramolecular Hbond substituents is 4. The van der Waals surface area contributed by atoms with Crippen molar-refractivity contribution in [1.82, 2.24) is 0 Å². The van der Waals surface area contributed by atoms with E-state index in [1.54, 1.807) is 0 Å². The Hall–Kier alpha value is -3.09. The number of aliphatic hydroxyl groups excluding tert-OH is 3. The standard InChI is InChI=1S/C20H20O11/c21-8-4-11(24)14-13(5-8)30-18(7-1-2-9(22)10(23)3-7)19(16(14)27)31-20-17(28)15(26)12(25)6-29-20/h1-5,12,15,17-26,28H,6H2/t12-,15-,17+,18-,19+,20?/m1/s1. The van der Waals surface area contributed by atoms with Crippen LogP contribution in [0, 0.1) is 0 Å². The minimum Gasteiger partial charge on any atom is -0.508 e. The van der Waals surface area contributed by atoms with E-state index in [4.69, 9.17) is 14.2 Å². The van der Waals surface area contributed by atoms with Gasteiger partial charge in [-0.15, -0.1) is 0 Å². The van der Waals surface area contributed by atoms with E-state index in [1.165, 1.54) is 6.07 Å². The van der Waals surface area contributed by atoms with E-state index in [-0.39, 0.29) is 29.2 Å². The molecule has 6 atom stereocenters. The summed E-state index contributed by atoms with van der Waals surface area (Å²) in [4.78, 5) is 13.2. The molecule has 7 N–H and O–H groups in total. The van der Waals surface area contributed by atoms with Gasteiger partial charge in [0.15, 0.2) is 30.0 Å². The molecule has 31 heavy (non-hydrogen) atoms. The summed E-state index contributed by atoms with van der Waals surface area (Å²) < 4.78 is 16.6. The second kappa shape index (κ2) is 7.87. The van der Waals surface area contributed by atoms with Crippen molar-refractivity contribution in [3.8, 4) is 28.7 Å². The molecule has 1 unspecified atom stereocenters. The van der Waals surface area contributed by atoms with Crippen LogP contribution >= 0.6 is 0 Å². The Kier molecular flexibility index (Phi) is 5.37. The average molecular weight is 436 g/mol. The fraction of sp³-hybridized carbons (Fsp3) is 0.350. The number of aromatic hydroxyl groups is 4. The summed E-state index contributed by atoms with van der Waals surface area (Å²) in [6, 6.07) is 5.71. The normalized spacial score (nSPS) is 30.5. The third-order valence-electron chi connectivity index (χ3n) is 5.16. The fourth-order valence-corrected chi connectivity index (χ4v) is 3.54. The molecule has 1 saturated heterocycles. The number of carbonyl (C=O) groups excluding carboxylic acids is 1. The largest absolute Gasteiger partial charge is 0.508 e. The first-order valence-electron chi connectivity index (χ1n) is 9.27. The van der Waals surface area contributed by atoms with E-state index in [0.717, 1.165) is 24.3 Å². The molecule has 0 aliphatic carbocycles. The first-order chi connectivity index (χ1) is 14.7. The highest BCUT2D eigenvalue weighted by Crippen LogP contribution is 2.44. The van der Waals surface area contributed by atoms with Gasteiger partial charge in [0, 0.05) is 12.1 Å². The highest BCUT2D eigenvalue weighted by Gasteiger charge is 2.46. The van der Waals surface area contributed by atoms with Crippen LogP contribution in [-0.4, -0.2) is 78.8 Å². The summed E-state index contributed by atoms with van der Waals surface area (Å²) in [7, 11) is 0. The minimum absolute atomic E-state index is 0.152. The van der Waals surface area contributed by atoms with Crippen LogP contribution in [0.3, 0.4) is 0 Å². The Morgan fingerprint density at radius 1 is 0.903 bits per heavy atom. The van der Waals surface area contributed by atoms with Gasteiger partial charge >= 0.3 is 0 Å². The molecule has 1 fully saturated rings. The molecule has 11 nitrogen and oxygen atoms in total. The lowest BCUT2D eigenvalue weighted by Gasteiger charge is -2.39. The monoisotopic (exact) mass is 436 g/mol. The number of rotatable bonds is 3. The predicted octanol–water partition coefficient (Wildman–Crippen LogP) is -0.350. The molecule has 0 aromatic heterocycles. The summed E-state index contributed by atoms with van der Waals surface area (Å²) >= 11 is 0. The molecule has 0 bridgehead atoms. The molecule has 2 aromatic rings. The minimum atomic E-state index is -1.69. The van der Waals surface area contributed by atoms with Gasteiger partial charge in [-0.3, -0.25) is 4.79 Å². The Labute approximate surface area is 174 Å². The van der Waals surface area contributed by atoms with E-state index in [2.05, 4.69) is 0 Å². The maximum atomic E-state index is 13.2. The van der Waals surface area contributed by atoms with E-state index in [0.29, 0.717) is 0 Å². The summed E-state index contributed by atoms with van der Waals surface area (Å²) in [5.74, 6) is -2.78. The second-order valence-electron chi connectivity index (χ2n) is 7.30. The van der Waals surface area contributed by atoms with Crippen molar-refractivity contribution in [2.75, 3.05) is 6.61 Å². The summed E-state index contributed by atoms with van der Waals surface area (Å²) in [6.07, 6.45) is -8.95. The summed E-state index contributed by atoms with van der Waals surface area (Å²) in [6.45, 7) is -0.370. The summed E-state index contributed by atoms with van der Waals surface area (Å²) in [5.41, 5.74) is -0.0963. The zero-order valence-corrected chi connectivity index (χ0v) is 15.8. The zero-order chi connectivity index (χ0) is 22.4. The van der Waals surface area contributed by atoms with Crippen LogP contribution in [-0.2, 0) is 9.47 Å². The zero-order valence-electron chi connectivity index (χ0n) is 15.8. The molecule has 166 valence electrons. The molecule has 2 aliphatic rings. The maximum absolute atomic E-state index is 13.2. The molecule has 0 amide bonds. The number of carbonyl (C=O) groups is 1. The van der Waals surface area contributed by atoms with Crippen LogP contribution in [0.1, 0.15) is 22.0 Å². The number of phenols is 4. The number of aliphatic hydroxyl groups is 3. The third kappa shape index (κ3) is 3.73. The maximum Gasteiger partial charge on any atom is 0.203 e. The van der Waals surface area contributed by atoms with Gasteiger partial charge in [-0.2, -0.15) is 0 Å². The number of ether oxygens (including phenoxy) is 3. The molecule has 0 spiro atoms. The van der Waals surface area contributed by atoms with Crippen molar-refractivity contribution in [3.05, 3.63) is 41.5 Å². The lowest BCUT2D eigenvalue weighted by atomic mass is 9.92. The van der Waals surface area contributed by atoms with Crippen LogP contribution in [0.15, 0.2) is 30.3 Å². The van der Waals surface area contributed by atoms with Crippen molar-refractivity contribution >= 4 is 5.78 Å². The lowest BCUT2D eigenvalue weighted by molar-refractivity contribution is -0.283. The molecule has 0 saturated carbocycles. The van der Waals surface area contributed by atoms with E-state index in [1.807, 2.05) is 0 Å². The highest BCUT2D eigenvalue weighted by atomic mass is 16.7. The molecule has 2 aromatic carbocycles. The highest BCUT2D eigenvalue weighted by molar-refractivity contribution is 6.05. The summed E-state index contributed by atoms with van der Waals surface area (Å²) in [5, 5.41) is 69.0. The third-order valence-corrected chi connectivity index (χ3v) is 5.16. The Balaban J connectivity index is 1.74. The SMILES string of the molecule is O=C1c2c(O)cc(O)cc2O[C@H](c2ccc(O)c(O)c2)[C@H]1OC1OC[C@@H](O)[C@@H](O)[C@@H]1O. The van der Waals surface area contributed by atoms with Crippen molar-refractivity contribution in [1.29, 1.82) is 0 Å². The smallest absolute Gasteiger partial charge is 0.203 e. The Bertz CT molecular complexity index is 1010.